The lowest BCUT2D eigenvalue weighted by Crippen LogP contribution is -2.22. The average Bonchev–Trinajstić information content (AvgIpc) is 2.71. The number of esters is 1. The number of rotatable bonds is 9. The summed E-state index contributed by atoms with van der Waals surface area (Å²) in [6, 6.07) is 10.3. The lowest BCUT2D eigenvalue weighted by Gasteiger charge is -2.12. The number of hydrogen-bond acceptors (Lipinski definition) is 6. The number of carbonyl (C=O) groups is 1. The zero-order chi connectivity index (χ0) is 22.3. The molecule has 0 atom stereocenters. The number of methoxy groups -OCH3 is 1. The van der Waals surface area contributed by atoms with Crippen molar-refractivity contribution in [2.45, 2.75) is 18.1 Å². The summed E-state index contributed by atoms with van der Waals surface area (Å²) in [5.74, 6) is -0.702. The second-order valence-electron chi connectivity index (χ2n) is 6.16. The van der Waals surface area contributed by atoms with E-state index in [0.717, 1.165) is 10.4 Å². The molecule has 0 aliphatic heterocycles. The monoisotopic (exact) mass is 441 g/mol. The fourth-order valence-corrected chi connectivity index (χ4v) is 3.33. The normalized spacial score (nSPS) is 11.8. The molecule has 0 aromatic heterocycles. The first-order valence-electron chi connectivity index (χ1n) is 8.62. The van der Waals surface area contributed by atoms with Crippen LogP contribution in [0.1, 0.15) is 11.1 Å². The Morgan fingerprint density at radius 2 is 1.87 bits per heavy atom. The average molecular weight is 441 g/mol. The van der Waals surface area contributed by atoms with Crippen LogP contribution >= 0.6 is 0 Å². The molecular formula is C20H21F2NO6S. The quantitative estimate of drug-likeness (QED) is 0.439. The molecule has 0 spiro atoms. The van der Waals surface area contributed by atoms with E-state index in [0.29, 0.717) is 11.1 Å². The molecule has 0 saturated carbocycles. The van der Waals surface area contributed by atoms with Crippen LogP contribution in [0.5, 0.6) is 11.5 Å². The molecule has 0 radical (unpaired) electrons. The summed E-state index contributed by atoms with van der Waals surface area (Å²) in [4.78, 5) is 12.0. The summed E-state index contributed by atoms with van der Waals surface area (Å²) in [5.41, 5.74) is 1.01. The Balaban J connectivity index is 2.02. The van der Waals surface area contributed by atoms with Gasteiger partial charge < -0.3 is 14.2 Å². The minimum Gasteiger partial charge on any atom is -0.493 e. The van der Waals surface area contributed by atoms with Gasteiger partial charge in [0.1, 0.15) is 6.61 Å². The third kappa shape index (κ3) is 6.26. The van der Waals surface area contributed by atoms with Crippen molar-refractivity contribution < 1.29 is 36.2 Å². The molecule has 0 aliphatic rings. The van der Waals surface area contributed by atoms with E-state index in [9.17, 15) is 22.0 Å². The Hall–Kier alpha value is -2.98. The second-order valence-corrected chi connectivity index (χ2v) is 8.32. The van der Waals surface area contributed by atoms with Gasteiger partial charge in [-0.15, -0.1) is 0 Å². The maximum absolute atomic E-state index is 12.4. The second kappa shape index (κ2) is 10.2. The molecule has 0 amide bonds. The Bertz CT molecular complexity index is 1020. The van der Waals surface area contributed by atoms with Gasteiger partial charge in [0.15, 0.2) is 11.5 Å². The summed E-state index contributed by atoms with van der Waals surface area (Å²) < 4.78 is 64.6. The van der Waals surface area contributed by atoms with Crippen LogP contribution in [0.3, 0.4) is 0 Å². The van der Waals surface area contributed by atoms with Gasteiger partial charge in [-0.05, 0) is 41.5 Å². The molecule has 0 unspecified atom stereocenters. The maximum Gasteiger partial charge on any atom is 0.387 e. The molecule has 0 bridgehead atoms. The lowest BCUT2D eigenvalue weighted by molar-refractivity contribution is -0.138. The highest BCUT2D eigenvalue weighted by molar-refractivity contribution is 7.89. The van der Waals surface area contributed by atoms with Crippen LogP contribution in [0, 0.1) is 0 Å². The molecule has 10 heteroatoms. The fourth-order valence-electron chi connectivity index (χ4n) is 2.35. The standard InChI is InChI=1S/C20H21F2NO6S/c1-23(2)30(25,26)16-6-4-5-15(11-16)13-28-19(24)10-8-14-7-9-17(29-20(21)22)18(12-14)27-3/h4-12,20H,13H2,1-3H3/b10-8-. The first-order chi connectivity index (χ1) is 14.1. The Morgan fingerprint density at radius 1 is 1.13 bits per heavy atom. The van der Waals surface area contributed by atoms with Crippen LogP contribution in [0.25, 0.3) is 6.08 Å². The van der Waals surface area contributed by atoms with Crippen LogP contribution in [0.2, 0.25) is 0 Å². The molecule has 2 aromatic rings. The van der Waals surface area contributed by atoms with E-state index in [4.69, 9.17) is 9.47 Å². The van der Waals surface area contributed by atoms with Crippen molar-refractivity contribution in [2.75, 3.05) is 21.2 Å². The molecule has 0 N–H and O–H groups in total. The van der Waals surface area contributed by atoms with Gasteiger partial charge >= 0.3 is 12.6 Å². The van der Waals surface area contributed by atoms with Crippen molar-refractivity contribution in [1.82, 2.24) is 4.31 Å². The number of ether oxygens (including phenoxy) is 3. The number of benzene rings is 2. The fraction of sp³-hybridized carbons (Fsp3) is 0.250. The molecule has 162 valence electrons. The summed E-state index contributed by atoms with van der Waals surface area (Å²) in [6.45, 7) is -3.11. The lowest BCUT2D eigenvalue weighted by atomic mass is 10.2. The van der Waals surface area contributed by atoms with E-state index in [1.54, 1.807) is 12.1 Å². The van der Waals surface area contributed by atoms with Gasteiger partial charge in [0, 0.05) is 20.2 Å². The molecule has 2 rings (SSSR count). The van der Waals surface area contributed by atoms with Crippen LogP contribution in [0.15, 0.2) is 53.4 Å². The van der Waals surface area contributed by atoms with Gasteiger partial charge in [0.05, 0.1) is 12.0 Å². The first-order valence-corrected chi connectivity index (χ1v) is 10.1. The number of carbonyl (C=O) groups excluding carboxylic acids is 1. The largest absolute Gasteiger partial charge is 0.493 e. The molecule has 2 aromatic carbocycles. The van der Waals surface area contributed by atoms with Crippen molar-refractivity contribution in [2.24, 2.45) is 0 Å². The number of sulfonamides is 1. The van der Waals surface area contributed by atoms with Gasteiger partial charge in [0.2, 0.25) is 10.0 Å². The zero-order valence-electron chi connectivity index (χ0n) is 16.5. The minimum absolute atomic E-state index is 0.0877. The summed E-state index contributed by atoms with van der Waals surface area (Å²) in [6.07, 6.45) is 2.58. The topological polar surface area (TPSA) is 82.1 Å². The van der Waals surface area contributed by atoms with Gasteiger partial charge in [-0.3, -0.25) is 0 Å². The molecule has 7 nitrogen and oxygen atoms in total. The molecule has 0 saturated heterocycles. The first kappa shape index (κ1) is 23.3. The third-order valence-corrected chi connectivity index (χ3v) is 5.68. The van der Waals surface area contributed by atoms with E-state index >= 15 is 0 Å². The summed E-state index contributed by atoms with van der Waals surface area (Å²) in [5, 5.41) is 0. The van der Waals surface area contributed by atoms with Crippen LogP contribution in [-0.4, -0.2) is 46.5 Å². The molecule has 0 heterocycles. The summed E-state index contributed by atoms with van der Waals surface area (Å²) >= 11 is 0. The van der Waals surface area contributed by atoms with Crippen molar-refractivity contribution in [1.29, 1.82) is 0 Å². The van der Waals surface area contributed by atoms with Crippen molar-refractivity contribution in [3.63, 3.8) is 0 Å². The molecule has 30 heavy (non-hydrogen) atoms. The van der Waals surface area contributed by atoms with Crippen LogP contribution in [-0.2, 0) is 26.2 Å². The smallest absolute Gasteiger partial charge is 0.387 e. The maximum atomic E-state index is 12.4. The van der Waals surface area contributed by atoms with Gasteiger partial charge in [-0.2, -0.15) is 8.78 Å². The highest BCUT2D eigenvalue weighted by Crippen LogP contribution is 2.29. The number of alkyl halides is 2. The number of halogens is 2. The summed E-state index contributed by atoms with van der Waals surface area (Å²) in [7, 11) is 0.563. The van der Waals surface area contributed by atoms with E-state index in [-0.39, 0.29) is 23.0 Å². The predicted molar refractivity (Wildman–Crippen MR) is 106 cm³/mol. The number of nitrogens with zero attached hydrogens (tertiary/aromatic N) is 1. The highest BCUT2D eigenvalue weighted by Gasteiger charge is 2.17. The third-order valence-electron chi connectivity index (χ3n) is 3.87. The van der Waals surface area contributed by atoms with Gasteiger partial charge in [0.25, 0.3) is 0 Å². The van der Waals surface area contributed by atoms with Gasteiger partial charge in [-0.25, -0.2) is 17.5 Å². The SMILES string of the molecule is COc1cc(/C=C\C(=O)OCc2cccc(S(=O)(=O)N(C)C)c2)ccc1OC(F)F. The Morgan fingerprint density at radius 3 is 2.50 bits per heavy atom. The van der Waals surface area contributed by atoms with E-state index in [1.807, 2.05) is 0 Å². The van der Waals surface area contributed by atoms with Crippen molar-refractivity contribution >= 4 is 22.1 Å². The van der Waals surface area contributed by atoms with E-state index in [1.165, 1.54) is 57.6 Å². The highest BCUT2D eigenvalue weighted by atomic mass is 32.2. The number of hydrogen-bond donors (Lipinski definition) is 0. The van der Waals surface area contributed by atoms with Crippen molar-refractivity contribution in [3.8, 4) is 11.5 Å². The van der Waals surface area contributed by atoms with Crippen molar-refractivity contribution in [3.05, 3.63) is 59.7 Å². The van der Waals surface area contributed by atoms with Crippen LogP contribution in [0.4, 0.5) is 8.78 Å². The Labute approximate surface area is 173 Å². The van der Waals surface area contributed by atoms with Gasteiger partial charge in [-0.1, -0.05) is 18.2 Å². The molecular weight excluding hydrogens is 420 g/mol. The zero-order valence-corrected chi connectivity index (χ0v) is 17.4. The van der Waals surface area contributed by atoms with E-state index < -0.39 is 22.6 Å². The predicted octanol–water partition coefficient (Wildman–Crippen LogP) is 3.30. The minimum atomic E-state index is -3.59. The molecule has 0 fully saturated rings. The Kier molecular flexibility index (Phi) is 7.90. The molecule has 0 aliphatic carbocycles. The van der Waals surface area contributed by atoms with Crippen LogP contribution < -0.4 is 9.47 Å². The van der Waals surface area contributed by atoms with E-state index in [2.05, 4.69) is 4.74 Å².